The minimum absolute atomic E-state index is 0.285. The summed E-state index contributed by atoms with van der Waals surface area (Å²) in [6.07, 6.45) is 5.57. The van der Waals surface area contributed by atoms with Gasteiger partial charge in [-0.3, -0.25) is 0 Å². The molecule has 0 atom stereocenters. The van der Waals surface area contributed by atoms with E-state index in [1.165, 1.54) is 12.2 Å². The molecule has 0 saturated heterocycles. The molecule has 2 nitrogen and oxygen atoms in total. The van der Waals surface area contributed by atoms with E-state index >= 15 is 0 Å². The zero-order chi connectivity index (χ0) is 7.82. The molecule has 0 amide bonds. The van der Waals surface area contributed by atoms with Gasteiger partial charge in [0.15, 0.2) is 0 Å². The van der Waals surface area contributed by atoms with Crippen LogP contribution in [0.15, 0.2) is 24.8 Å². The Labute approximate surface area is 61.2 Å². The van der Waals surface area contributed by atoms with Gasteiger partial charge in [0.25, 0.3) is 0 Å². The monoisotopic (exact) mass is 140 g/mol. The van der Waals surface area contributed by atoms with Crippen molar-refractivity contribution in [3.8, 4) is 0 Å². The first-order chi connectivity index (χ1) is 4.81. The molecular formula is C8H12O2. The highest BCUT2D eigenvalue weighted by Gasteiger charge is 1.90. The smallest absolute Gasteiger partial charge is 0.330 e. The van der Waals surface area contributed by atoms with Crippen molar-refractivity contribution in [2.45, 2.75) is 13.3 Å². The zero-order valence-corrected chi connectivity index (χ0v) is 6.17. The second-order valence-corrected chi connectivity index (χ2v) is 1.73. The molecule has 2 heteroatoms. The zero-order valence-electron chi connectivity index (χ0n) is 6.17. The number of ether oxygens (including phenoxy) is 1. The van der Waals surface area contributed by atoms with Gasteiger partial charge in [0, 0.05) is 6.08 Å². The van der Waals surface area contributed by atoms with Crippen molar-refractivity contribution in [1.82, 2.24) is 0 Å². The Hall–Kier alpha value is -1.05. The van der Waals surface area contributed by atoms with E-state index in [1.54, 1.807) is 6.08 Å². The number of rotatable bonds is 4. The van der Waals surface area contributed by atoms with Crippen LogP contribution in [0.1, 0.15) is 13.3 Å². The standard InChI is InChI=1S/C8H12O2/c1-3-5-6-8(9)10-7-4-2/h4-6H,2-3,7H2,1H3. The van der Waals surface area contributed by atoms with Crippen molar-refractivity contribution >= 4 is 5.97 Å². The summed E-state index contributed by atoms with van der Waals surface area (Å²) in [5.41, 5.74) is 0. The fraction of sp³-hybridized carbons (Fsp3) is 0.375. The van der Waals surface area contributed by atoms with Gasteiger partial charge in [-0.05, 0) is 6.42 Å². The van der Waals surface area contributed by atoms with Crippen LogP contribution in [-0.2, 0) is 9.53 Å². The molecule has 0 fully saturated rings. The quantitative estimate of drug-likeness (QED) is 0.337. The number of hydrogen-bond donors (Lipinski definition) is 0. The molecule has 0 aliphatic rings. The van der Waals surface area contributed by atoms with Crippen LogP contribution in [0.5, 0.6) is 0 Å². The van der Waals surface area contributed by atoms with Crippen molar-refractivity contribution in [1.29, 1.82) is 0 Å². The molecule has 56 valence electrons. The molecule has 0 aromatic carbocycles. The van der Waals surface area contributed by atoms with E-state index < -0.39 is 0 Å². The predicted molar refractivity (Wildman–Crippen MR) is 40.6 cm³/mol. The molecule has 0 unspecified atom stereocenters. The van der Waals surface area contributed by atoms with Crippen LogP contribution < -0.4 is 0 Å². The van der Waals surface area contributed by atoms with Gasteiger partial charge in [-0.1, -0.05) is 25.7 Å². The Morgan fingerprint density at radius 3 is 2.90 bits per heavy atom. The number of hydrogen-bond acceptors (Lipinski definition) is 2. The Kier molecular flexibility index (Phi) is 5.44. The second-order valence-electron chi connectivity index (χ2n) is 1.73. The van der Waals surface area contributed by atoms with E-state index in [0.717, 1.165) is 6.42 Å². The Balaban J connectivity index is 3.43. The Bertz CT molecular complexity index is 136. The van der Waals surface area contributed by atoms with E-state index in [2.05, 4.69) is 11.3 Å². The van der Waals surface area contributed by atoms with Crippen LogP contribution in [0.2, 0.25) is 0 Å². The molecule has 0 radical (unpaired) electrons. The lowest BCUT2D eigenvalue weighted by atomic mass is 10.4. The van der Waals surface area contributed by atoms with Crippen LogP contribution in [0.4, 0.5) is 0 Å². The topological polar surface area (TPSA) is 26.3 Å². The third-order valence-electron chi connectivity index (χ3n) is 0.833. The average molecular weight is 140 g/mol. The molecule has 0 saturated carbocycles. The van der Waals surface area contributed by atoms with Gasteiger partial charge in [-0.15, -0.1) is 0 Å². The molecule has 0 rings (SSSR count). The highest BCUT2D eigenvalue weighted by atomic mass is 16.5. The van der Waals surface area contributed by atoms with Gasteiger partial charge >= 0.3 is 5.97 Å². The summed E-state index contributed by atoms with van der Waals surface area (Å²) in [6, 6.07) is 0. The minimum atomic E-state index is -0.304. The van der Waals surface area contributed by atoms with Crippen LogP contribution in [0, 0.1) is 0 Å². The maximum atomic E-state index is 10.6. The minimum Gasteiger partial charge on any atom is -0.458 e. The number of carbonyl (C=O) groups is 1. The summed E-state index contributed by atoms with van der Waals surface area (Å²) >= 11 is 0. The van der Waals surface area contributed by atoms with Crippen LogP contribution in [-0.4, -0.2) is 12.6 Å². The molecule has 0 aromatic heterocycles. The number of allylic oxidation sites excluding steroid dienone is 1. The van der Waals surface area contributed by atoms with Crippen molar-refractivity contribution in [3.63, 3.8) is 0 Å². The fourth-order valence-electron chi connectivity index (χ4n) is 0.403. The van der Waals surface area contributed by atoms with Gasteiger partial charge in [-0.2, -0.15) is 0 Å². The third kappa shape index (κ3) is 5.09. The molecule has 0 N–H and O–H groups in total. The normalized spacial score (nSPS) is 9.70. The first-order valence-corrected chi connectivity index (χ1v) is 3.25. The summed E-state index contributed by atoms with van der Waals surface area (Å²) < 4.78 is 4.65. The molecule has 0 aliphatic carbocycles. The van der Waals surface area contributed by atoms with E-state index in [-0.39, 0.29) is 12.6 Å². The summed E-state index contributed by atoms with van der Waals surface area (Å²) in [4.78, 5) is 10.6. The van der Waals surface area contributed by atoms with E-state index in [1.807, 2.05) is 6.92 Å². The summed E-state index contributed by atoms with van der Waals surface area (Å²) in [5, 5.41) is 0. The first kappa shape index (κ1) is 8.95. The van der Waals surface area contributed by atoms with Crippen LogP contribution in [0.3, 0.4) is 0 Å². The van der Waals surface area contributed by atoms with Crippen LogP contribution >= 0.6 is 0 Å². The molecule has 0 heterocycles. The lowest BCUT2D eigenvalue weighted by molar-refractivity contribution is -0.136. The highest BCUT2D eigenvalue weighted by molar-refractivity contribution is 5.81. The SMILES string of the molecule is C=CCOC(=O)C=CCC. The molecule has 10 heavy (non-hydrogen) atoms. The molecule has 0 bridgehead atoms. The van der Waals surface area contributed by atoms with Gasteiger partial charge in [0.2, 0.25) is 0 Å². The van der Waals surface area contributed by atoms with Gasteiger partial charge in [-0.25, -0.2) is 4.79 Å². The molecular weight excluding hydrogens is 128 g/mol. The van der Waals surface area contributed by atoms with E-state index in [4.69, 9.17) is 0 Å². The van der Waals surface area contributed by atoms with E-state index in [9.17, 15) is 4.79 Å². The van der Waals surface area contributed by atoms with Crippen molar-refractivity contribution in [3.05, 3.63) is 24.8 Å². The summed E-state index contributed by atoms with van der Waals surface area (Å²) in [6.45, 7) is 5.65. The van der Waals surface area contributed by atoms with Gasteiger partial charge in [0.1, 0.15) is 6.61 Å². The largest absolute Gasteiger partial charge is 0.458 e. The second kappa shape index (κ2) is 6.08. The van der Waals surface area contributed by atoms with Gasteiger partial charge in [0.05, 0.1) is 0 Å². The molecule has 0 aliphatic heterocycles. The lowest BCUT2D eigenvalue weighted by Crippen LogP contribution is -1.99. The van der Waals surface area contributed by atoms with Crippen molar-refractivity contribution < 1.29 is 9.53 Å². The highest BCUT2D eigenvalue weighted by Crippen LogP contribution is 1.84. The van der Waals surface area contributed by atoms with Crippen LogP contribution in [0.25, 0.3) is 0 Å². The van der Waals surface area contributed by atoms with Gasteiger partial charge < -0.3 is 4.74 Å². The van der Waals surface area contributed by atoms with Crippen molar-refractivity contribution in [2.24, 2.45) is 0 Å². The summed E-state index contributed by atoms with van der Waals surface area (Å²) in [7, 11) is 0. The maximum Gasteiger partial charge on any atom is 0.330 e. The lowest BCUT2D eigenvalue weighted by Gasteiger charge is -1.93. The summed E-state index contributed by atoms with van der Waals surface area (Å²) in [5.74, 6) is -0.304. The fourth-order valence-corrected chi connectivity index (χ4v) is 0.403. The average Bonchev–Trinajstić information content (AvgIpc) is 1.97. The Morgan fingerprint density at radius 2 is 2.40 bits per heavy atom. The number of esters is 1. The predicted octanol–water partition coefficient (Wildman–Crippen LogP) is 1.68. The molecule has 0 spiro atoms. The molecule has 0 aromatic rings. The third-order valence-corrected chi connectivity index (χ3v) is 0.833. The maximum absolute atomic E-state index is 10.6. The van der Waals surface area contributed by atoms with Crippen molar-refractivity contribution in [2.75, 3.05) is 6.61 Å². The Morgan fingerprint density at radius 1 is 1.70 bits per heavy atom. The van der Waals surface area contributed by atoms with E-state index in [0.29, 0.717) is 0 Å². The first-order valence-electron chi connectivity index (χ1n) is 3.25. The number of carbonyl (C=O) groups excluding carboxylic acids is 1.